The lowest BCUT2D eigenvalue weighted by Gasteiger charge is -2.28. The van der Waals surface area contributed by atoms with Crippen molar-refractivity contribution in [1.29, 1.82) is 0 Å². The van der Waals surface area contributed by atoms with Gasteiger partial charge in [0.15, 0.2) is 0 Å². The third kappa shape index (κ3) is 7.34. The van der Waals surface area contributed by atoms with Crippen molar-refractivity contribution >= 4 is 44.7 Å². The maximum Gasteiger partial charge on any atom is 0.407 e. The average molecular weight is 730 g/mol. The Morgan fingerprint density at radius 3 is 2.60 bits per heavy atom. The lowest BCUT2D eigenvalue weighted by Crippen LogP contribution is -2.58. The zero-order valence-corrected chi connectivity index (χ0v) is 29.8. The topological polar surface area (TPSA) is 173 Å². The molecule has 0 spiro atoms. The molecular formula is C38H43N5O8S. The summed E-state index contributed by atoms with van der Waals surface area (Å²) in [6.45, 7) is 5.48. The van der Waals surface area contributed by atoms with E-state index in [1.807, 2.05) is 48.5 Å². The van der Waals surface area contributed by atoms with E-state index in [-0.39, 0.29) is 26.0 Å². The van der Waals surface area contributed by atoms with E-state index in [0.717, 1.165) is 41.3 Å². The van der Waals surface area contributed by atoms with Crippen LogP contribution in [0.5, 0.6) is 5.75 Å². The number of nitrogens with zero attached hydrogens (tertiary/aromatic N) is 2. The van der Waals surface area contributed by atoms with Gasteiger partial charge in [-0.05, 0) is 69.6 Å². The Balaban J connectivity index is 1.21. The number of ether oxygens (including phenoxy) is 2. The van der Waals surface area contributed by atoms with E-state index in [0.29, 0.717) is 30.7 Å². The minimum absolute atomic E-state index is 0.00229. The number of rotatable bonds is 7. The Hall–Kier alpha value is -4.98. The van der Waals surface area contributed by atoms with Crippen LogP contribution < -0.4 is 20.1 Å². The number of fused-ring (bicyclic) bond motifs is 3. The van der Waals surface area contributed by atoms with Crippen molar-refractivity contribution in [2.45, 2.75) is 87.3 Å². The zero-order chi connectivity index (χ0) is 36.6. The molecule has 4 aliphatic rings. The highest BCUT2D eigenvalue weighted by molar-refractivity contribution is 7.91. The van der Waals surface area contributed by atoms with Gasteiger partial charge in [0.1, 0.15) is 29.5 Å². The van der Waals surface area contributed by atoms with Gasteiger partial charge in [0.25, 0.3) is 5.91 Å². The largest absolute Gasteiger partial charge is 0.488 e. The van der Waals surface area contributed by atoms with Crippen molar-refractivity contribution in [3.05, 3.63) is 72.8 Å². The smallest absolute Gasteiger partial charge is 0.407 e. The zero-order valence-electron chi connectivity index (χ0n) is 29.0. The van der Waals surface area contributed by atoms with E-state index in [1.165, 1.54) is 17.9 Å². The van der Waals surface area contributed by atoms with E-state index >= 15 is 0 Å². The van der Waals surface area contributed by atoms with Gasteiger partial charge in [-0.1, -0.05) is 42.5 Å². The monoisotopic (exact) mass is 729 g/mol. The number of amides is 4. The fraction of sp³-hybridized carbons (Fsp3) is 0.447. The Labute approximate surface area is 302 Å². The Bertz CT molecular complexity index is 2020. The molecule has 1 aromatic heterocycles. The highest BCUT2D eigenvalue weighted by Crippen LogP contribution is 2.45. The standard InChI is InChI=1S/C38H43N5O8S/c1-3-26-21-38(26,36(46)42-52(48,49)28-14-15-28)41-34(44)32-19-27-22-43(32)35(45)23(2)39-37(47)50-17-9-5-6-10-24-13-16-30-29(18-24)33(51-27)20-31(40-30)25-11-7-4-8-12-25/h3-4,7-8,11-13,16,18,20,23,26-28,32H,1,5-6,9-10,14-15,17,19,21-22H2,2H3,(H,39,47)(H,41,44)(H,42,46)/t23-,26+,27+,32-,38+/m0/s1. The van der Waals surface area contributed by atoms with E-state index in [9.17, 15) is 27.6 Å². The van der Waals surface area contributed by atoms with Gasteiger partial charge in [-0.15, -0.1) is 6.58 Å². The molecule has 2 aromatic carbocycles. The van der Waals surface area contributed by atoms with Crippen LogP contribution in [0.15, 0.2) is 67.3 Å². The molecule has 7 rings (SSSR count). The molecule has 3 N–H and O–H groups in total. The first-order valence-electron chi connectivity index (χ1n) is 17.9. The molecule has 3 fully saturated rings. The molecule has 274 valence electrons. The van der Waals surface area contributed by atoms with Crippen molar-refractivity contribution in [3.63, 3.8) is 0 Å². The number of aromatic nitrogens is 1. The minimum Gasteiger partial charge on any atom is -0.488 e. The van der Waals surface area contributed by atoms with Gasteiger partial charge in [-0.2, -0.15) is 0 Å². The first-order valence-corrected chi connectivity index (χ1v) is 19.4. The number of carbonyl (C=O) groups excluding carboxylic acids is 4. The number of nitrogens with one attached hydrogen (secondary N) is 3. The third-order valence-electron chi connectivity index (χ3n) is 10.3. The first kappa shape index (κ1) is 35.4. The number of hydrogen-bond acceptors (Lipinski definition) is 9. The highest BCUT2D eigenvalue weighted by atomic mass is 32.2. The summed E-state index contributed by atoms with van der Waals surface area (Å²) in [6, 6.07) is 15.5. The number of cyclic esters (lactones) is 1. The fourth-order valence-electron chi connectivity index (χ4n) is 7.13. The molecule has 5 atom stereocenters. The van der Waals surface area contributed by atoms with Crippen molar-refractivity contribution in [2.24, 2.45) is 5.92 Å². The molecule has 2 saturated carbocycles. The molecule has 3 aromatic rings. The molecule has 0 unspecified atom stereocenters. The number of hydrogen-bond donors (Lipinski definition) is 3. The lowest BCUT2D eigenvalue weighted by molar-refractivity contribution is -0.140. The first-order chi connectivity index (χ1) is 25.0. The highest BCUT2D eigenvalue weighted by Gasteiger charge is 2.62. The molecule has 2 aliphatic heterocycles. The molecule has 3 heterocycles. The van der Waals surface area contributed by atoms with E-state index < -0.39 is 68.7 Å². The number of aryl methyl sites for hydroxylation is 1. The van der Waals surface area contributed by atoms with Crippen LogP contribution in [0.4, 0.5) is 4.79 Å². The summed E-state index contributed by atoms with van der Waals surface area (Å²) in [5, 5.41) is 5.54. The van der Waals surface area contributed by atoms with Crippen LogP contribution in [0.25, 0.3) is 22.2 Å². The third-order valence-corrected chi connectivity index (χ3v) is 12.2. The number of carbonyl (C=O) groups is 4. The molecule has 0 radical (unpaired) electrons. The van der Waals surface area contributed by atoms with Gasteiger partial charge < -0.3 is 25.0 Å². The van der Waals surface area contributed by atoms with E-state index in [2.05, 4.69) is 28.0 Å². The van der Waals surface area contributed by atoms with E-state index in [1.54, 1.807) is 0 Å². The molecule has 1 saturated heterocycles. The van der Waals surface area contributed by atoms with Crippen molar-refractivity contribution < 1.29 is 37.1 Å². The average Bonchev–Trinajstić information content (AvgIpc) is 4.06. The fourth-order valence-corrected chi connectivity index (χ4v) is 8.49. The summed E-state index contributed by atoms with van der Waals surface area (Å²) >= 11 is 0. The number of sulfonamides is 1. The SMILES string of the molecule is C=C[C@@H]1C[C@]1(NC(=O)[C@@H]1C[C@@H]2CN1C(=O)[C@H](C)NC(=O)OCCCCCc1ccc3nc(-c4ccccc4)cc(c3c1)O2)C(=O)NS(=O)(=O)C1CC1. The Morgan fingerprint density at radius 2 is 1.87 bits per heavy atom. The number of alkyl carbamates (subject to hydrolysis) is 1. The van der Waals surface area contributed by atoms with Crippen LogP contribution in [0.1, 0.15) is 57.4 Å². The molecule has 52 heavy (non-hydrogen) atoms. The Kier molecular flexibility index (Phi) is 9.68. The maximum atomic E-state index is 14.2. The van der Waals surface area contributed by atoms with Crippen molar-refractivity contribution in [2.75, 3.05) is 13.2 Å². The normalized spacial score (nSPS) is 26.7. The molecule has 14 heteroatoms. The van der Waals surface area contributed by atoms with Gasteiger partial charge >= 0.3 is 6.09 Å². The predicted molar refractivity (Wildman–Crippen MR) is 192 cm³/mol. The summed E-state index contributed by atoms with van der Waals surface area (Å²) in [7, 11) is -3.88. The Morgan fingerprint density at radius 1 is 1.08 bits per heavy atom. The van der Waals surface area contributed by atoms with Crippen molar-refractivity contribution in [3.8, 4) is 17.0 Å². The second-order valence-corrected chi connectivity index (χ2v) is 16.2. The molecular weight excluding hydrogens is 687 g/mol. The van der Waals surface area contributed by atoms with Gasteiger partial charge in [0.05, 0.1) is 29.6 Å². The van der Waals surface area contributed by atoms with Gasteiger partial charge in [0.2, 0.25) is 21.8 Å². The van der Waals surface area contributed by atoms with Gasteiger partial charge in [-0.25, -0.2) is 18.2 Å². The van der Waals surface area contributed by atoms with Crippen LogP contribution in [0.3, 0.4) is 0 Å². The quantitative estimate of drug-likeness (QED) is 0.306. The summed E-state index contributed by atoms with van der Waals surface area (Å²) in [5.74, 6) is -1.97. The molecule has 2 aliphatic carbocycles. The summed E-state index contributed by atoms with van der Waals surface area (Å²) in [5.41, 5.74) is 1.89. The number of benzene rings is 2. The van der Waals surface area contributed by atoms with Crippen LogP contribution in [-0.2, 0) is 35.6 Å². The molecule has 4 bridgehead atoms. The molecule has 13 nitrogen and oxygen atoms in total. The van der Waals surface area contributed by atoms with Crippen LogP contribution in [0, 0.1) is 5.92 Å². The van der Waals surface area contributed by atoms with Crippen molar-refractivity contribution in [1.82, 2.24) is 25.2 Å². The predicted octanol–water partition coefficient (Wildman–Crippen LogP) is 3.76. The van der Waals surface area contributed by atoms with Crippen LogP contribution >= 0.6 is 0 Å². The molecule has 4 amide bonds. The number of pyridine rings is 1. The maximum absolute atomic E-state index is 14.2. The van der Waals surface area contributed by atoms with E-state index in [4.69, 9.17) is 14.5 Å². The van der Waals surface area contributed by atoms with Gasteiger partial charge in [-0.3, -0.25) is 19.1 Å². The second kappa shape index (κ2) is 14.2. The van der Waals surface area contributed by atoms with Crippen LogP contribution in [-0.4, -0.2) is 84.2 Å². The second-order valence-electron chi connectivity index (χ2n) is 14.2. The lowest BCUT2D eigenvalue weighted by atomic mass is 10.0. The summed E-state index contributed by atoms with van der Waals surface area (Å²) < 4.78 is 39.5. The summed E-state index contributed by atoms with van der Waals surface area (Å²) in [4.78, 5) is 60.5. The minimum atomic E-state index is -3.88. The van der Waals surface area contributed by atoms with Crippen LogP contribution in [0.2, 0.25) is 0 Å². The summed E-state index contributed by atoms with van der Waals surface area (Å²) in [6.07, 6.45) is 4.43. The van der Waals surface area contributed by atoms with Gasteiger partial charge in [0, 0.05) is 29.4 Å².